The molecule has 0 aliphatic carbocycles. The van der Waals surface area contributed by atoms with Crippen molar-refractivity contribution in [2.45, 2.75) is 51.6 Å². The van der Waals surface area contributed by atoms with Crippen LogP contribution in [0.3, 0.4) is 0 Å². The fourth-order valence-corrected chi connectivity index (χ4v) is 4.20. The second-order valence-corrected chi connectivity index (χ2v) is 10.1. The van der Waals surface area contributed by atoms with Gasteiger partial charge >= 0.3 is 0 Å². The zero-order valence-electron chi connectivity index (χ0n) is 18.0. The minimum atomic E-state index is -0.715. The lowest BCUT2D eigenvalue weighted by Crippen LogP contribution is -2.52. The molecule has 168 valence electrons. The van der Waals surface area contributed by atoms with Crippen LogP contribution in [-0.2, 0) is 21.9 Å². The number of nitrogens with zero attached hydrogens (tertiary/aromatic N) is 1. The Morgan fingerprint density at radius 3 is 2.42 bits per heavy atom. The minimum absolute atomic E-state index is 0.104. The van der Waals surface area contributed by atoms with E-state index in [4.69, 9.17) is 23.2 Å². The van der Waals surface area contributed by atoms with E-state index in [1.807, 2.05) is 20.8 Å². The largest absolute Gasteiger partial charge is 0.350 e. The molecule has 0 saturated heterocycles. The number of hydrogen-bond acceptors (Lipinski definition) is 3. The van der Waals surface area contributed by atoms with Crippen LogP contribution < -0.4 is 5.32 Å². The highest BCUT2D eigenvalue weighted by molar-refractivity contribution is 7.99. The predicted molar refractivity (Wildman–Crippen MR) is 127 cm³/mol. The fraction of sp³-hybridized carbons (Fsp3) is 0.391. The number of benzene rings is 2. The van der Waals surface area contributed by atoms with Gasteiger partial charge in [-0.15, -0.1) is 11.8 Å². The van der Waals surface area contributed by atoms with Crippen LogP contribution in [0.1, 0.15) is 38.8 Å². The van der Waals surface area contributed by atoms with Crippen LogP contribution in [0.15, 0.2) is 42.5 Å². The van der Waals surface area contributed by atoms with Crippen molar-refractivity contribution in [2.75, 3.05) is 5.75 Å². The molecule has 0 spiro atoms. The molecule has 0 aromatic heterocycles. The van der Waals surface area contributed by atoms with E-state index in [0.29, 0.717) is 26.9 Å². The quantitative estimate of drug-likeness (QED) is 0.522. The average Bonchev–Trinajstić information content (AvgIpc) is 2.67. The highest BCUT2D eigenvalue weighted by Gasteiger charge is 2.28. The molecule has 0 aliphatic heterocycles. The predicted octanol–water partition coefficient (Wildman–Crippen LogP) is 5.70. The number of carbonyl (C=O) groups is 2. The third-order valence-electron chi connectivity index (χ3n) is 4.46. The second kappa shape index (κ2) is 11.2. The first-order chi connectivity index (χ1) is 14.5. The molecule has 0 saturated carbocycles. The lowest BCUT2D eigenvalue weighted by atomic mass is 10.1. The first kappa shape index (κ1) is 25.5. The number of hydrogen-bond donors (Lipinski definition) is 1. The van der Waals surface area contributed by atoms with Gasteiger partial charge in [0.1, 0.15) is 11.9 Å². The van der Waals surface area contributed by atoms with E-state index in [-0.39, 0.29) is 29.9 Å². The van der Waals surface area contributed by atoms with Gasteiger partial charge in [-0.05, 0) is 57.0 Å². The Balaban J connectivity index is 2.16. The summed E-state index contributed by atoms with van der Waals surface area (Å²) in [6.45, 7) is 7.48. The van der Waals surface area contributed by atoms with Crippen molar-refractivity contribution in [3.8, 4) is 0 Å². The maximum Gasteiger partial charge on any atom is 0.242 e. The first-order valence-corrected chi connectivity index (χ1v) is 11.8. The van der Waals surface area contributed by atoms with Gasteiger partial charge in [0, 0.05) is 27.9 Å². The molecular formula is C23H27Cl2FN2O2S. The molecule has 0 fully saturated rings. The summed E-state index contributed by atoms with van der Waals surface area (Å²) < 4.78 is 13.8. The van der Waals surface area contributed by atoms with Crippen molar-refractivity contribution in [1.29, 1.82) is 0 Å². The lowest BCUT2D eigenvalue weighted by molar-refractivity contribution is -0.139. The van der Waals surface area contributed by atoms with Crippen molar-refractivity contribution in [3.63, 3.8) is 0 Å². The zero-order chi connectivity index (χ0) is 23.2. The third-order valence-corrected chi connectivity index (χ3v) is 6.02. The molecule has 0 bridgehead atoms. The summed E-state index contributed by atoms with van der Waals surface area (Å²) in [7, 11) is 0. The molecule has 2 aromatic rings. The Labute approximate surface area is 197 Å². The van der Waals surface area contributed by atoms with E-state index in [9.17, 15) is 14.0 Å². The number of amides is 2. The Morgan fingerprint density at radius 2 is 1.81 bits per heavy atom. The standard InChI is InChI=1S/C23H27Cl2FN2O2S/c1-15(22(30)27-23(2,3)4)28(12-16-9-10-18(24)11-19(16)25)21(29)14-31-13-17-7-5-6-8-20(17)26/h5-11,15H,12-14H2,1-4H3,(H,27,30)/t15-/m0/s1. The summed E-state index contributed by atoms with van der Waals surface area (Å²) in [5, 5.41) is 3.82. The van der Waals surface area contributed by atoms with E-state index in [0.717, 1.165) is 0 Å². The molecule has 0 aliphatic rings. The molecule has 4 nitrogen and oxygen atoms in total. The minimum Gasteiger partial charge on any atom is -0.350 e. The Bertz CT molecular complexity index is 934. The third kappa shape index (κ3) is 8.02. The van der Waals surface area contributed by atoms with Gasteiger partial charge in [-0.3, -0.25) is 9.59 Å². The van der Waals surface area contributed by atoms with Gasteiger partial charge in [0.2, 0.25) is 11.8 Å². The van der Waals surface area contributed by atoms with E-state index in [1.165, 1.54) is 22.7 Å². The van der Waals surface area contributed by atoms with E-state index >= 15 is 0 Å². The van der Waals surface area contributed by atoms with Crippen molar-refractivity contribution in [2.24, 2.45) is 0 Å². The molecule has 0 heterocycles. The van der Waals surface area contributed by atoms with Gasteiger partial charge in [0.05, 0.1) is 5.75 Å². The van der Waals surface area contributed by atoms with Gasteiger partial charge in [0.25, 0.3) is 0 Å². The SMILES string of the molecule is C[C@@H](C(=O)NC(C)(C)C)N(Cc1ccc(Cl)cc1Cl)C(=O)CSCc1ccccc1F. The van der Waals surface area contributed by atoms with Crippen LogP contribution >= 0.6 is 35.0 Å². The molecule has 0 unspecified atom stereocenters. The molecular weight excluding hydrogens is 458 g/mol. The summed E-state index contributed by atoms with van der Waals surface area (Å²) in [6.07, 6.45) is 0. The lowest BCUT2D eigenvalue weighted by Gasteiger charge is -2.31. The summed E-state index contributed by atoms with van der Waals surface area (Å²) in [5.74, 6) is -0.331. The molecule has 1 N–H and O–H groups in total. The monoisotopic (exact) mass is 484 g/mol. The number of rotatable bonds is 8. The topological polar surface area (TPSA) is 49.4 Å². The van der Waals surface area contributed by atoms with Gasteiger partial charge in [0.15, 0.2) is 0 Å². The van der Waals surface area contributed by atoms with Crippen molar-refractivity contribution >= 4 is 46.8 Å². The summed E-state index contributed by atoms with van der Waals surface area (Å²) in [6, 6.07) is 10.8. The molecule has 0 radical (unpaired) electrons. The smallest absolute Gasteiger partial charge is 0.242 e. The maximum absolute atomic E-state index is 13.8. The van der Waals surface area contributed by atoms with Gasteiger partial charge in [-0.2, -0.15) is 0 Å². The normalized spacial score (nSPS) is 12.4. The molecule has 2 rings (SSSR count). The summed E-state index contributed by atoms with van der Waals surface area (Å²) >= 11 is 13.6. The van der Waals surface area contributed by atoms with Crippen LogP contribution in [0.2, 0.25) is 10.0 Å². The summed E-state index contributed by atoms with van der Waals surface area (Å²) in [4.78, 5) is 27.3. The second-order valence-electron chi connectivity index (χ2n) is 8.26. The van der Waals surface area contributed by atoms with Crippen LogP contribution in [0.25, 0.3) is 0 Å². The maximum atomic E-state index is 13.8. The molecule has 1 atom stereocenters. The van der Waals surface area contributed by atoms with E-state index in [1.54, 1.807) is 43.3 Å². The number of nitrogens with one attached hydrogen (secondary N) is 1. The highest BCUT2D eigenvalue weighted by atomic mass is 35.5. The zero-order valence-corrected chi connectivity index (χ0v) is 20.4. The van der Waals surface area contributed by atoms with E-state index in [2.05, 4.69) is 5.32 Å². The van der Waals surface area contributed by atoms with Crippen LogP contribution in [0.4, 0.5) is 4.39 Å². The Hall–Kier alpha value is -1.76. The van der Waals surface area contributed by atoms with Crippen LogP contribution in [-0.4, -0.2) is 34.0 Å². The van der Waals surface area contributed by atoms with Crippen molar-refractivity contribution in [3.05, 3.63) is 69.5 Å². The Morgan fingerprint density at radius 1 is 1.13 bits per heavy atom. The van der Waals surface area contributed by atoms with Crippen LogP contribution in [0, 0.1) is 5.82 Å². The molecule has 2 amide bonds. The van der Waals surface area contributed by atoms with Crippen LogP contribution in [0.5, 0.6) is 0 Å². The number of carbonyl (C=O) groups excluding carboxylic acids is 2. The van der Waals surface area contributed by atoms with Gasteiger partial charge < -0.3 is 10.2 Å². The first-order valence-electron chi connectivity index (χ1n) is 9.84. The molecule has 2 aromatic carbocycles. The number of halogens is 3. The molecule has 8 heteroatoms. The number of thioether (sulfide) groups is 1. The van der Waals surface area contributed by atoms with Gasteiger partial charge in [-0.25, -0.2) is 4.39 Å². The molecule has 31 heavy (non-hydrogen) atoms. The summed E-state index contributed by atoms with van der Waals surface area (Å²) in [5.41, 5.74) is 0.789. The average molecular weight is 485 g/mol. The van der Waals surface area contributed by atoms with E-state index < -0.39 is 11.6 Å². The highest BCUT2D eigenvalue weighted by Crippen LogP contribution is 2.24. The van der Waals surface area contributed by atoms with Gasteiger partial charge in [-0.1, -0.05) is 47.5 Å². The van der Waals surface area contributed by atoms with Crippen molar-refractivity contribution in [1.82, 2.24) is 10.2 Å². The fourth-order valence-electron chi connectivity index (χ4n) is 2.84. The van der Waals surface area contributed by atoms with Crippen molar-refractivity contribution < 1.29 is 14.0 Å². The Kier molecular flexibility index (Phi) is 9.22.